The van der Waals surface area contributed by atoms with Crippen molar-refractivity contribution in [3.05, 3.63) is 50.9 Å². The van der Waals surface area contributed by atoms with Crippen LogP contribution in [0.1, 0.15) is 40.3 Å². The minimum Gasteiger partial charge on any atom is -0.477 e. The molecule has 0 saturated heterocycles. The molecule has 8 nitrogen and oxygen atoms in total. The first-order valence-electron chi connectivity index (χ1n) is 10.8. The van der Waals surface area contributed by atoms with Gasteiger partial charge in [0.05, 0.1) is 22.5 Å². The monoisotopic (exact) mass is 452 g/mol. The molecule has 0 radical (unpaired) electrons. The van der Waals surface area contributed by atoms with Crippen molar-refractivity contribution in [1.29, 1.82) is 0 Å². The number of anilines is 1. The summed E-state index contributed by atoms with van der Waals surface area (Å²) in [7, 11) is 1.54. The summed E-state index contributed by atoms with van der Waals surface area (Å²) in [6.07, 6.45) is 3.02. The molecule has 0 fully saturated rings. The molecule has 0 aliphatic carbocycles. The Morgan fingerprint density at radius 3 is 2.84 bits per heavy atom. The molecule has 1 N–H and O–H groups in total. The first-order valence-corrected chi connectivity index (χ1v) is 11.6. The van der Waals surface area contributed by atoms with E-state index in [0.717, 1.165) is 31.5 Å². The lowest BCUT2D eigenvalue weighted by Gasteiger charge is -2.33. The number of hydrogen-bond acceptors (Lipinski definition) is 6. The van der Waals surface area contributed by atoms with Crippen LogP contribution in [0, 0.1) is 6.92 Å². The average molecular weight is 453 g/mol. The quantitative estimate of drug-likeness (QED) is 0.645. The summed E-state index contributed by atoms with van der Waals surface area (Å²) in [5.41, 5.74) is 1.19. The minimum absolute atomic E-state index is 0.0645. The number of carbonyl (C=O) groups is 2. The number of nitrogens with zero attached hydrogens (tertiary/aromatic N) is 3. The van der Waals surface area contributed by atoms with Crippen molar-refractivity contribution < 1.29 is 14.3 Å². The van der Waals surface area contributed by atoms with Gasteiger partial charge in [-0.05, 0) is 37.5 Å². The van der Waals surface area contributed by atoms with Gasteiger partial charge in [-0.25, -0.2) is 4.98 Å². The number of rotatable bonds is 2. The van der Waals surface area contributed by atoms with Crippen LogP contribution in [-0.4, -0.2) is 41.1 Å². The third-order valence-corrected chi connectivity index (χ3v) is 7.34. The number of likely N-dealkylation sites (N-methyl/N-ethyl adjacent to an activating group) is 1. The molecule has 0 spiro atoms. The van der Waals surface area contributed by atoms with Gasteiger partial charge in [0.25, 0.3) is 17.4 Å². The van der Waals surface area contributed by atoms with Crippen LogP contribution in [0.25, 0.3) is 10.2 Å². The van der Waals surface area contributed by atoms with E-state index >= 15 is 0 Å². The van der Waals surface area contributed by atoms with E-state index < -0.39 is 6.10 Å². The number of thiophene rings is 1. The highest BCUT2D eigenvalue weighted by molar-refractivity contribution is 7.20. The molecule has 2 aromatic heterocycles. The number of carbonyl (C=O) groups excluding carboxylic acids is 2. The SMILES string of the molecule is CNC(=O)[C@H]1CN(C(=O)c2sc3nc4n(c(=O)c3c2C)CCCCC4)c2ccccc2O1. The summed E-state index contributed by atoms with van der Waals surface area (Å²) >= 11 is 1.25. The predicted molar refractivity (Wildman–Crippen MR) is 123 cm³/mol. The third-order valence-electron chi connectivity index (χ3n) is 6.16. The summed E-state index contributed by atoms with van der Waals surface area (Å²) in [5.74, 6) is 0.727. The van der Waals surface area contributed by atoms with Crippen molar-refractivity contribution in [2.24, 2.45) is 0 Å². The molecule has 3 aromatic rings. The Hall–Kier alpha value is -3.20. The molecule has 0 saturated carbocycles. The summed E-state index contributed by atoms with van der Waals surface area (Å²) in [6.45, 7) is 2.56. The number of hydrogen-bond donors (Lipinski definition) is 1. The van der Waals surface area contributed by atoms with E-state index in [1.54, 1.807) is 34.6 Å². The van der Waals surface area contributed by atoms with Gasteiger partial charge in [0.15, 0.2) is 6.10 Å². The Kier molecular flexibility index (Phi) is 5.21. The summed E-state index contributed by atoms with van der Waals surface area (Å²) in [4.78, 5) is 46.7. The number of ether oxygens (including phenoxy) is 1. The third kappa shape index (κ3) is 3.28. The zero-order chi connectivity index (χ0) is 22.4. The Balaban J connectivity index is 1.60. The van der Waals surface area contributed by atoms with Gasteiger partial charge in [0.2, 0.25) is 0 Å². The van der Waals surface area contributed by atoms with E-state index in [0.29, 0.717) is 38.6 Å². The van der Waals surface area contributed by atoms with E-state index in [-0.39, 0.29) is 23.9 Å². The van der Waals surface area contributed by atoms with Crippen LogP contribution in [0.5, 0.6) is 5.75 Å². The van der Waals surface area contributed by atoms with Gasteiger partial charge >= 0.3 is 0 Å². The van der Waals surface area contributed by atoms with Crippen molar-refractivity contribution in [2.75, 3.05) is 18.5 Å². The second kappa shape index (κ2) is 8.05. The number of aromatic nitrogens is 2. The van der Waals surface area contributed by atoms with Crippen LogP contribution in [0.15, 0.2) is 29.1 Å². The van der Waals surface area contributed by atoms with Gasteiger partial charge < -0.3 is 10.1 Å². The summed E-state index contributed by atoms with van der Waals surface area (Å²) in [6, 6.07) is 7.17. The van der Waals surface area contributed by atoms with Crippen LogP contribution in [-0.2, 0) is 17.8 Å². The highest BCUT2D eigenvalue weighted by Crippen LogP contribution is 2.36. The largest absolute Gasteiger partial charge is 0.477 e. The first kappa shape index (κ1) is 20.7. The molecule has 5 rings (SSSR count). The summed E-state index contributed by atoms with van der Waals surface area (Å²) in [5, 5.41) is 3.11. The Morgan fingerprint density at radius 2 is 2.03 bits per heavy atom. The van der Waals surface area contributed by atoms with Crippen molar-refractivity contribution in [2.45, 2.75) is 45.3 Å². The van der Waals surface area contributed by atoms with Crippen molar-refractivity contribution in [3.63, 3.8) is 0 Å². The Bertz CT molecular complexity index is 1300. The molecule has 166 valence electrons. The fourth-order valence-corrected chi connectivity index (χ4v) is 5.60. The smallest absolute Gasteiger partial charge is 0.268 e. The maximum absolute atomic E-state index is 13.7. The zero-order valence-electron chi connectivity index (χ0n) is 18.0. The van der Waals surface area contributed by atoms with E-state index in [1.807, 2.05) is 6.07 Å². The molecule has 0 unspecified atom stereocenters. The van der Waals surface area contributed by atoms with Crippen LogP contribution in [0.3, 0.4) is 0 Å². The molecule has 1 atom stereocenters. The number of nitrogens with one attached hydrogen (secondary N) is 1. The van der Waals surface area contributed by atoms with Gasteiger partial charge in [-0.15, -0.1) is 11.3 Å². The number of aryl methyl sites for hydroxylation is 2. The van der Waals surface area contributed by atoms with Gasteiger partial charge in [0, 0.05) is 20.0 Å². The molecular formula is C23H24N4O4S. The van der Waals surface area contributed by atoms with Crippen LogP contribution in [0.4, 0.5) is 5.69 Å². The molecular weight excluding hydrogens is 428 g/mol. The van der Waals surface area contributed by atoms with Crippen LogP contribution < -0.4 is 20.5 Å². The van der Waals surface area contributed by atoms with Crippen molar-refractivity contribution >= 4 is 39.1 Å². The highest BCUT2D eigenvalue weighted by atomic mass is 32.1. The molecule has 4 heterocycles. The Labute approximate surface area is 188 Å². The molecule has 2 aliphatic heterocycles. The predicted octanol–water partition coefficient (Wildman–Crippen LogP) is 2.65. The molecule has 1 aromatic carbocycles. The lowest BCUT2D eigenvalue weighted by molar-refractivity contribution is -0.127. The zero-order valence-corrected chi connectivity index (χ0v) is 18.8. The topological polar surface area (TPSA) is 93.5 Å². The summed E-state index contributed by atoms with van der Waals surface area (Å²) < 4.78 is 7.59. The second-order valence-electron chi connectivity index (χ2n) is 8.14. The van der Waals surface area contributed by atoms with Gasteiger partial charge in [-0.3, -0.25) is 23.9 Å². The molecule has 32 heavy (non-hydrogen) atoms. The lowest BCUT2D eigenvalue weighted by atomic mass is 10.1. The van der Waals surface area contributed by atoms with Gasteiger partial charge in [-0.1, -0.05) is 18.6 Å². The fourth-order valence-electron chi connectivity index (χ4n) is 4.46. The van der Waals surface area contributed by atoms with Crippen molar-refractivity contribution in [3.8, 4) is 5.75 Å². The van der Waals surface area contributed by atoms with Gasteiger partial charge in [0.1, 0.15) is 16.4 Å². The lowest BCUT2D eigenvalue weighted by Crippen LogP contribution is -2.50. The fraction of sp³-hybridized carbons (Fsp3) is 0.391. The molecule has 0 bridgehead atoms. The molecule has 2 aliphatic rings. The minimum atomic E-state index is -0.812. The number of para-hydroxylation sites is 2. The van der Waals surface area contributed by atoms with E-state index in [9.17, 15) is 14.4 Å². The average Bonchev–Trinajstić information content (AvgIpc) is 2.97. The number of amides is 2. The normalized spacial score (nSPS) is 17.8. The second-order valence-corrected chi connectivity index (χ2v) is 9.14. The van der Waals surface area contributed by atoms with Gasteiger partial charge in [-0.2, -0.15) is 0 Å². The van der Waals surface area contributed by atoms with Crippen LogP contribution >= 0.6 is 11.3 Å². The molecule has 2 amide bonds. The van der Waals surface area contributed by atoms with E-state index in [2.05, 4.69) is 5.32 Å². The maximum atomic E-state index is 13.7. The Morgan fingerprint density at radius 1 is 1.22 bits per heavy atom. The van der Waals surface area contributed by atoms with Crippen molar-refractivity contribution in [1.82, 2.24) is 14.9 Å². The number of fused-ring (bicyclic) bond motifs is 3. The van der Waals surface area contributed by atoms with E-state index in [1.165, 1.54) is 18.4 Å². The number of benzene rings is 1. The van der Waals surface area contributed by atoms with Crippen LogP contribution in [0.2, 0.25) is 0 Å². The first-order chi connectivity index (χ1) is 15.5. The standard InChI is InChI=1S/C23H24N4O4S/c1-13-18-21(25-17-10-4-3-7-11-26(17)22(18)29)32-19(13)23(30)27-12-16(20(28)24-2)31-15-9-6-5-8-14(15)27/h5-6,8-9,16H,3-4,7,10-12H2,1-2H3,(H,24,28)/t16-/m1/s1. The highest BCUT2D eigenvalue weighted by Gasteiger charge is 2.35. The maximum Gasteiger partial charge on any atom is 0.268 e. The van der Waals surface area contributed by atoms with E-state index in [4.69, 9.17) is 9.72 Å². The molecule has 9 heteroatoms.